The molecule has 0 aliphatic carbocycles. The van der Waals surface area contributed by atoms with Gasteiger partial charge >= 0.3 is 5.97 Å². The van der Waals surface area contributed by atoms with Gasteiger partial charge in [-0.05, 0) is 31.9 Å². The zero-order valence-corrected chi connectivity index (χ0v) is 10.6. The molecule has 0 fully saturated rings. The van der Waals surface area contributed by atoms with Gasteiger partial charge < -0.3 is 10.4 Å². The van der Waals surface area contributed by atoms with Crippen molar-refractivity contribution in [2.75, 3.05) is 6.67 Å². The lowest BCUT2D eigenvalue weighted by molar-refractivity contribution is -0.139. The molecule has 0 saturated heterocycles. The van der Waals surface area contributed by atoms with Gasteiger partial charge in [-0.1, -0.05) is 17.7 Å². The number of benzene rings is 1. The Morgan fingerprint density at radius 1 is 1.28 bits per heavy atom. The van der Waals surface area contributed by atoms with E-state index in [4.69, 9.17) is 5.11 Å². The van der Waals surface area contributed by atoms with Gasteiger partial charge in [-0.2, -0.15) is 0 Å². The van der Waals surface area contributed by atoms with Gasteiger partial charge in [-0.15, -0.1) is 0 Å². The summed E-state index contributed by atoms with van der Waals surface area (Å²) in [6.45, 7) is 4.30. The minimum absolute atomic E-state index is 0.403. The molecule has 0 spiro atoms. The maximum Gasteiger partial charge on any atom is 0.328 e. The summed E-state index contributed by atoms with van der Waals surface area (Å²) in [7, 11) is 0. The highest BCUT2D eigenvalue weighted by molar-refractivity contribution is 5.99. The second-order valence-corrected chi connectivity index (χ2v) is 4.29. The molecule has 1 aromatic rings. The first-order chi connectivity index (χ1) is 8.36. The number of aryl methyl sites for hydroxylation is 3. The van der Waals surface area contributed by atoms with Crippen molar-refractivity contribution >= 4 is 11.9 Å². The van der Waals surface area contributed by atoms with Crippen molar-refractivity contribution in [2.24, 2.45) is 0 Å². The number of carbonyl (C=O) groups is 2. The summed E-state index contributed by atoms with van der Waals surface area (Å²) in [4.78, 5) is 22.6. The van der Waals surface area contributed by atoms with Crippen LogP contribution in [0.25, 0.3) is 0 Å². The van der Waals surface area contributed by atoms with Crippen molar-refractivity contribution in [1.29, 1.82) is 0 Å². The van der Waals surface area contributed by atoms with Crippen LogP contribution in [0.5, 0.6) is 0 Å². The molecule has 1 atom stereocenters. The van der Waals surface area contributed by atoms with E-state index in [1.165, 1.54) is 0 Å². The molecule has 0 heterocycles. The van der Waals surface area contributed by atoms with Crippen LogP contribution in [0.3, 0.4) is 0 Å². The summed E-state index contributed by atoms with van der Waals surface area (Å²) >= 11 is 0. The fourth-order valence-electron chi connectivity index (χ4n) is 1.93. The lowest BCUT2D eigenvalue weighted by Crippen LogP contribution is -2.42. The highest BCUT2D eigenvalue weighted by atomic mass is 19.1. The summed E-state index contributed by atoms with van der Waals surface area (Å²) < 4.78 is 12.5. The van der Waals surface area contributed by atoms with Crippen LogP contribution >= 0.6 is 0 Å². The van der Waals surface area contributed by atoms with Crippen molar-refractivity contribution in [1.82, 2.24) is 5.32 Å². The van der Waals surface area contributed by atoms with Gasteiger partial charge in [0.1, 0.15) is 6.67 Å². The number of aliphatic carboxylic acids is 1. The topological polar surface area (TPSA) is 66.4 Å². The summed E-state index contributed by atoms with van der Waals surface area (Å²) in [5, 5.41) is 10.9. The molecular formula is C13H16FNO3. The number of carbonyl (C=O) groups excluding carboxylic acids is 1. The molecule has 5 heteroatoms. The van der Waals surface area contributed by atoms with E-state index in [-0.39, 0.29) is 0 Å². The molecule has 0 aliphatic rings. The van der Waals surface area contributed by atoms with Crippen LogP contribution in [-0.2, 0) is 4.79 Å². The number of halogens is 1. The molecule has 0 bridgehead atoms. The van der Waals surface area contributed by atoms with Gasteiger partial charge in [-0.25, -0.2) is 9.18 Å². The third-order valence-corrected chi connectivity index (χ3v) is 2.66. The lowest BCUT2D eigenvalue weighted by Gasteiger charge is -2.14. The van der Waals surface area contributed by atoms with Crippen LogP contribution in [0.15, 0.2) is 12.1 Å². The van der Waals surface area contributed by atoms with E-state index in [2.05, 4.69) is 5.32 Å². The largest absolute Gasteiger partial charge is 0.480 e. The monoisotopic (exact) mass is 253 g/mol. The van der Waals surface area contributed by atoms with E-state index < -0.39 is 24.6 Å². The van der Waals surface area contributed by atoms with Crippen LogP contribution in [0.1, 0.15) is 27.0 Å². The Bertz CT molecular complexity index is 462. The van der Waals surface area contributed by atoms with Gasteiger partial charge in [0.05, 0.1) is 0 Å². The Labute approximate surface area is 105 Å². The summed E-state index contributed by atoms with van der Waals surface area (Å²) in [6, 6.07) is 2.15. The predicted octanol–water partition coefficient (Wildman–Crippen LogP) is 1.76. The van der Waals surface area contributed by atoms with Crippen LogP contribution in [0.2, 0.25) is 0 Å². The minimum atomic E-state index is -1.50. The number of carboxylic acids is 1. The van der Waals surface area contributed by atoms with Gasteiger partial charge in [-0.3, -0.25) is 4.79 Å². The molecule has 2 N–H and O–H groups in total. The van der Waals surface area contributed by atoms with Gasteiger partial charge in [0.25, 0.3) is 5.91 Å². The fourth-order valence-corrected chi connectivity index (χ4v) is 1.93. The first-order valence-electron chi connectivity index (χ1n) is 5.54. The normalized spacial score (nSPS) is 12.0. The first kappa shape index (κ1) is 14.2. The number of hydrogen-bond donors (Lipinski definition) is 2. The smallest absolute Gasteiger partial charge is 0.328 e. The Kier molecular flexibility index (Phi) is 4.42. The van der Waals surface area contributed by atoms with Crippen LogP contribution in [-0.4, -0.2) is 29.7 Å². The zero-order chi connectivity index (χ0) is 13.9. The van der Waals surface area contributed by atoms with Crippen molar-refractivity contribution in [3.05, 3.63) is 34.4 Å². The van der Waals surface area contributed by atoms with E-state index in [1.54, 1.807) is 13.8 Å². The van der Waals surface area contributed by atoms with E-state index in [9.17, 15) is 14.0 Å². The fraction of sp³-hybridized carbons (Fsp3) is 0.385. The molecule has 1 unspecified atom stereocenters. The average Bonchev–Trinajstić information content (AvgIpc) is 2.23. The molecule has 18 heavy (non-hydrogen) atoms. The van der Waals surface area contributed by atoms with E-state index in [0.717, 1.165) is 16.7 Å². The van der Waals surface area contributed by atoms with Crippen molar-refractivity contribution < 1.29 is 19.1 Å². The molecule has 4 nitrogen and oxygen atoms in total. The summed E-state index contributed by atoms with van der Waals surface area (Å²) in [6.07, 6.45) is 0. The molecule has 0 saturated carbocycles. The number of nitrogens with one attached hydrogen (secondary N) is 1. The number of amides is 1. The van der Waals surface area contributed by atoms with Crippen LogP contribution in [0.4, 0.5) is 4.39 Å². The van der Waals surface area contributed by atoms with E-state index in [0.29, 0.717) is 5.56 Å². The summed E-state index contributed by atoms with van der Waals surface area (Å²) in [5.74, 6) is -1.94. The number of rotatable bonds is 4. The highest BCUT2D eigenvalue weighted by Gasteiger charge is 2.22. The van der Waals surface area contributed by atoms with E-state index >= 15 is 0 Å². The van der Waals surface area contributed by atoms with Gasteiger partial charge in [0.15, 0.2) is 6.04 Å². The lowest BCUT2D eigenvalue weighted by atomic mass is 9.99. The van der Waals surface area contributed by atoms with Crippen molar-refractivity contribution in [2.45, 2.75) is 26.8 Å². The van der Waals surface area contributed by atoms with Crippen LogP contribution in [0, 0.1) is 20.8 Å². The first-order valence-corrected chi connectivity index (χ1v) is 5.54. The maximum atomic E-state index is 12.5. The second kappa shape index (κ2) is 5.62. The molecule has 0 aromatic heterocycles. The molecular weight excluding hydrogens is 237 g/mol. The van der Waals surface area contributed by atoms with E-state index in [1.807, 2.05) is 19.1 Å². The maximum absolute atomic E-state index is 12.5. The predicted molar refractivity (Wildman–Crippen MR) is 65.5 cm³/mol. The molecule has 98 valence electrons. The van der Waals surface area contributed by atoms with Crippen molar-refractivity contribution in [3.63, 3.8) is 0 Å². The Hall–Kier alpha value is -1.91. The Morgan fingerprint density at radius 3 is 2.17 bits per heavy atom. The standard InChI is InChI=1S/C13H16FNO3/c1-7-4-8(2)11(9(3)5-7)12(16)15-10(6-14)13(17)18/h4-5,10H,6H2,1-3H3,(H,15,16)(H,17,18). The molecule has 1 aromatic carbocycles. The third-order valence-electron chi connectivity index (χ3n) is 2.66. The molecule has 0 radical (unpaired) electrons. The Morgan fingerprint density at radius 2 is 1.78 bits per heavy atom. The third kappa shape index (κ3) is 3.06. The molecule has 0 aliphatic heterocycles. The second-order valence-electron chi connectivity index (χ2n) is 4.29. The quantitative estimate of drug-likeness (QED) is 0.859. The zero-order valence-electron chi connectivity index (χ0n) is 10.6. The number of alkyl halides is 1. The van der Waals surface area contributed by atoms with Crippen LogP contribution < -0.4 is 5.32 Å². The number of carboxylic acid groups (broad SMARTS) is 1. The summed E-state index contributed by atoms with van der Waals surface area (Å²) in [5.41, 5.74) is 2.91. The SMILES string of the molecule is Cc1cc(C)c(C(=O)NC(CF)C(=O)O)c(C)c1. The molecule has 1 rings (SSSR count). The van der Waals surface area contributed by atoms with Gasteiger partial charge in [0, 0.05) is 5.56 Å². The highest BCUT2D eigenvalue weighted by Crippen LogP contribution is 2.16. The molecule has 1 amide bonds. The average molecular weight is 253 g/mol. The Balaban J connectivity index is 3.01. The van der Waals surface area contributed by atoms with Crippen molar-refractivity contribution in [3.8, 4) is 0 Å². The minimum Gasteiger partial charge on any atom is -0.480 e. The number of hydrogen-bond acceptors (Lipinski definition) is 2. The van der Waals surface area contributed by atoms with Gasteiger partial charge in [0.2, 0.25) is 0 Å².